The van der Waals surface area contributed by atoms with Gasteiger partial charge in [0.05, 0.1) is 25.7 Å². The van der Waals surface area contributed by atoms with Gasteiger partial charge in [-0.15, -0.1) is 0 Å². The highest BCUT2D eigenvalue weighted by Crippen LogP contribution is 2.40. The van der Waals surface area contributed by atoms with Crippen LogP contribution in [0.4, 0.5) is 0 Å². The lowest BCUT2D eigenvalue weighted by Gasteiger charge is -2.42. The summed E-state index contributed by atoms with van der Waals surface area (Å²) in [4.78, 5) is 1.41. The zero-order valence-electron chi connectivity index (χ0n) is 15.3. The second-order valence-corrected chi connectivity index (χ2v) is 9.73. The second-order valence-electron chi connectivity index (χ2n) is 7.81. The van der Waals surface area contributed by atoms with Crippen LogP contribution in [0.2, 0.25) is 0 Å². The van der Waals surface area contributed by atoms with Gasteiger partial charge in [-0.1, -0.05) is 12.1 Å². The van der Waals surface area contributed by atoms with E-state index < -0.39 is 10.2 Å². The first-order valence-corrected chi connectivity index (χ1v) is 10.3. The van der Waals surface area contributed by atoms with Gasteiger partial charge in [0.1, 0.15) is 0 Å². The van der Waals surface area contributed by atoms with Crippen LogP contribution in [0.3, 0.4) is 0 Å². The molecule has 2 N–H and O–H groups in total. The zero-order chi connectivity index (χ0) is 17.9. The van der Waals surface area contributed by atoms with Gasteiger partial charge in [0.15, 0.2) is 0 Å². The Hall–Kier alpha value is -1.41. The van der Waals surface area contributed by atoms with Crippen molar-refractivity contribution in [2.45, 2.75) is 30.8 Å². The summed E-state index contributed by atoms with van der Waals surface area (Å²) >= 11 is 0. The summed E-state index contributed by atoms with van der Waals surface area (Å²) in [5.41, 5.74) is 4.10. The molecule has 1 fully saturated rings. The van der Waals surface area contributed by atoms with Crippen molar-refractivity contribution in [1.82, 2.24) is 13.6 Å². The van der Waals surface area contributed by atoms with Crippen LogP contribution in [0.25, 0.3) is 10.9 Å². The maximum Gasteiger partial charge on any atom is 0.279 e. The highest BCUT2D eigenvalue weighted by atomic mass is 32.2. The monoisotopic (exact) mass is 363 g/mol. The highest BCUT2D eigenvalue weighted by Gasteiger charge is 2.43. The van der Waals surface area contributed by atoms with Gasteiger partial charge in [-0.3, -0.25) is 0 Å². The lowest BCUT2D eigenvalue weighted by Crippen LogP contribution is -3.16. The minimum atomic E-state index is -3.40. The number of hydrogen-bond acceptors (Lipinski definition) is 2. The first kappa shape index (κ1) is 17.0. The molecule has 2 heterocycles. The van der Waals surface area contributed by atoms with E-state index in [-0.39, 0.29) is 6.04 Å². The van der Waals surface area contributed by atoms with Crippen LogP contribution >= 0.6 is 0 Å². The van der Waals surface area contributed by atoms with Crippen LogP contribution < -0.4 is 9.62 Å². The fraction of sp³-hybridized carbons (Fsp3) is 0.556. The number of likely N-dealkylation sites (tertiary alicyclic amines) is 1. The van der Waals surface area contributed by atoms with Gasteiger partial charge in [-0.25, -0.2) is 0 Å². The van der Waals surface area contributed by atoms with Gasteiger partial charge < -0.3 is 9.47 Å². The SMILES string of the molecule is CN(C)S(=O)(=O)NC1CC2c3cccc4c3c(cn4C)CC2[NH+](C)C1. The number of quaternary nitrogens is 1. The van der Waals surface area contributed by atoms with E-state index in [0.717, 1.165) is 19.4 Å². The van der Waals surface area contributed by atoms with Crippen molar-refractivity contribution in [1.29, 1.82) is 0 Å². The summed E-state index contributed by atoms with van der Waals surface area (Å²) in [5.74, 6) is 0.391. The Kier molecular flexibility index (Phi) is 3.95. The standard InChI is InChI=1S/C18H26N4O2S/c1-20(2)25(23,24)19-13-9-15-14-6-5-7-16-18(14)12(10-21(16)3)8-17(15)22(4)11-13/h5-7,10,13,15,17,19H,8-9,11H2,1-4H3/p+1. The van der Waals surface area contributed by atoms with Gasteiger partial charge in [0.25, 0.3) is 10.2 Å². The molecule has 6 nitrogen and oxygen atoms in total. The first-order chi connectivity index (χ1) is 11.8. The maximum absolute atomic E-state index is 12.3. The summed E-state index contributed by atoms with van der Waals surface area (Å²) in [6.07, 6.45) is 4.19. The van der Waals surface area contributed by atoms with Crippen molar-refractivity contribution in [3.05, 3.63) is 35.5 Å². The van der Waals surface area contributed by atoms with Crippen LogP contribution in [0.1, 0.15) is 23.5 Å². The van der Waals surface area contributed by atoms with E-state index in [9.17, 15) is 8.42 Å². The predicted molar refractivity (Wildman–Crippen MR) is 99.1 cm³/mol. The zero-order valence-corrected chi connectivity index (χ0v) is 16.1. The molecular formula is C18H27N4O2S+. The largest absolute Gasteiger partial charge is 0.350 e. The van der Waals surface area contributed by atoms with Crippen LogP contribution in [-0.2, 0) is 23.7 Å². The molecule has 1 aliphatic heterocycles. The van der Waals surface area contributed by atoms with Crippen molar-refractivity contribution in [2.24, 2.45) is 7.05 Å². The summed E-state index contributed by atoms with van der Waals surface area (Å²) in [5, 5.41) is 1.38. The van der Waals surface area contributed by atoms with Crippen LogP contribution in [0.5, 0.6) is 0 Å². The smallest absolute Gasteiger partial charge is 0.279 e. The molecule has 2 aliphatic rings. The van der Waals surface area contributed by atoms with Gasteiger partial charge >= 0.3 is 0 Å². The van der Waals surface area contributed by atoms with E-state index in [0.29, 0.717) is 12.0 Å². The van der Waals surface area contributed by atoms with Gasteiger partial charge in [-0.05, 0) is 23.6 Å². The fourth-order valence-electron chi connectivity index (χ4n) is 4.77. The second kappa shape index (κ2) is 5.81. The Morgan fingerprint density at radius 3 is 2.80 bits per heavy atom. The molecule has 0 radical (unpaired) electrons. The first-order valence-electron chi connectivity index (χ1n) is 8.87. The molecule has 0 spiro atoms. The van der Waals surface area contributed by atoms with Crippen molar-refractivity contribution in [3.63, 3.8) is 0 Å². The minimum Gasteiger partial charge on any atom is -0.350 e. The van der Waals surface area contributed by atoms with E-state index in [1.807, 2.05) is 0 Å². The summed E-state index contributed by atoms with van der Waals surface area (Å²) in [6.45, 7) is 0.826. The molecule has 4 rings (SSSR count). The summed E-state index contributed by atoms with van der Waals surface area (Å²) in [7, 11) is 4.04. The topological polar surface area (TPSA) is 58.8 Å². The number of benzene rings is 1. The molecular weight excluding hydrogens is 336 g/mol. The number of hydrogen-bond donors (Lipinski definition) is 2. The third kappa shape index (κ3) is 2.70. The molecule has 25 heavy (non-hydrogen) atoms. The number of piperidine rings is 1. The molecule has 0 saturated carbocycles. The average Bonchev–Trinajstić information content (AvgIpc) is 2.86. The molecule has 1 saturated heterocycles. The number of fused-ring (bicyclic) bond motifs is 2. The molecule has 136 valence electrons. The molecule has 7 heteroatoms. The van der Waals surface area contributed by atoms with Crippen molar-refractivity contribution in [3.8, 4) is 0 Å². The van der Waals surface area contributed by atoms with Gasteiger partial charge in [0, 0.05) is 50.6 Å². The number of nitrogens with zero attached hydrogens (tertiary/aromatic N) is 2. The van der Waals surface area contributed by atoms with Crippen LogP contribution in [0, 0.1) is 0 Å². The number of rotatable bonds is 3. The number of likely N-dealkylation sites (N-methyl/N-ethyl adjacent to an activating group) is 1. The molecule has 1 aliphatic carbocycles. The van der Waals surface area contributed by atoms with E-state index in [2.05, 4.69) is 47.8 Å². The highest BCUT2D eigenvalue weighted by molar-refractivity contribution is 7.87. The molecule has 2 aromatic rings. The fourth-order valence-corrected chi connectivity index (χ4v) is 5.59. The molecule has 1 aromatic heterocycles. The summed E-state index contributed by atoms with van der Waals surface area (Å²) in [6, 6.07) is 7.02. The Balaban J connectivity index is 1.71. The van der Waals surface area contributed by atoms with Crippen molar-refractivity contribution >= 4 is 21.1 Å². The number of aromatic nitrogens is 1. The van der Waals surface area contributed by atoms with E-state index in [1.54, 1.807) is 14.1 Å². The third-order valence-electron chi connectivity index (χ3n) is 5.99. The summed E-state index contributed by atoms with van der Waals surface area (Å²) < 4.78 is 30.9. The lowest BCUT2D eigenvalue weighted by atomic mass is 9.74. The van der Waals surface area contributed by atoms with Crippen molar-refractivity contribution < 1.29 is 13.3 Å². The van der Waals surface area contributed by atoms with E-state index in [4.69, 9.17) is 0 Å². The molecule has 4 atom stereocenters. The van der Waals surface area contributed by atoms with Crippen LogP contribution in [-0.4, -0.2) is 57.1 Å². The molecule has 4 unspecified atom stereocenters. The lowest BCUT2D eigenvalue weighted by molar-refractivity contribution is -0.914. The third-order valence-corrected chi connectivity index (χ3v) is 7.58. The van der Waals surface area contributed by atoms with E-state index >= 15 is 0 Å². The van der Waals surface area contributed by atoms with Crippen molar-refractivity contribution in [2.75, 3.05) is 27.7 Å². The number of aryl methyl sites for hydroxylation is 1. The molecule has 0 bridgehead atoms. The molecule has 0 amide bonds. The van der Waals surface area contributed by atoms with Gasteiger partial charge in [-0.2, -0.15) is 17.4 Å². The molecule has 1 aromatic carbocycles. The number of nitrogens with one attached hydrogen (secondary N) is 2. The van der Waals surface area contributed by atoms with Crippen LogP contribution in [0.15, 0.2) is 24.4 Å². The Labute approximate surface area is 149 Å². The minimum absolute atomic E-state index is 0.0332. The normalized spacial score (nSPS) is 29.2. The Bertz CT molecular complexity index is 919. The van der Waals surface area contributed by atoms with E-state index in [1.165, 1.54) is 31.2 Å². The predicted octanol–water partition coefficient (Wildman–Crippen LogP) is -0.130. The van der Waals surface area contributed by atoms with Gasteiger partial charge in [0.2, 0.25) is 0 Å². The maximum atomic E-state index is 12.3. The Morgan fingerprint density at radius 2 is 2.08 bits per heavy atom. The average molecular weight is 364 g/mol. The Morgan fingerprint density at radius 1 is 1.32 bits per heavy atom. The quantitative estimate of drug-likeness (QED) is 0.798.